The second kappa shape index (κ2) is 6.11. The summed E-state index contributed by atoms with van der Waals surface area (Å²) in [5, 5.41) is 6.08. The maximum atomic E-state index is 12.6. The Kier molecular flexibility index (Phi) is 4.71. The summed E-state index contributed by atoms with van der Waals surface area (Å²) in [5.41, 5.74) is 0. The first kappa shape index (κ1) is 14.6. The SMILES string of the molecule is O=C1NCCCCC1NC1CCC(C(F)(F)F)CC1. The number of alkyl halides is 3. The van der Waals surface area contributed by atoms with E-state index in [9.17, 15) is 18.0 Å². The fraction of sp³-hybridized carbons (Fsp3) is 0.923. The van der Waals surface area contributed by atoms with Crippen molar-refractivity contribution in [2.45, 2.75) is 63.2 Å². The molecule has 1 atom stereocenters. The topological polar surface area (TPSA) is 41.1 Å². The van der Waals surface area contributed by atoms with E-state index in [2.05, 4.69) is 10.6 Å². The lowest BCUT2D eigenvalue weighted by Gasteiger charge is -2.32. The van der Waals surface area contributed by atoms with Gasteiger partial charge in [0.1, 0.15) is 0 Å². The molecule has 1 saturated carbocycles. The average Bonchev–Trinajstić information content (AvgIpc) is 2.55. The molecule has 0 aromatic heterocycles. The minimum absolute atomic E-state index is 0.00422. The Morgan fingerprint density at radius 2 is 1.74 bits per heavy atom. The van der Waals surface area contributed by atoms with Crippen molar-refractivity contribution in [3.05, 3.63) is 0 Å². The number of amides is 1. The van der Waals surface area contributed by atoms with Gasteiger partial charge in [-0.15, -0.1) is 0 Å². The van der Waals surface area contributed by atoms with E-state index in [1.54, 1.807) is 0 Å². The minimum atomic E-state index is -4.06. The van der Waals surface area contributed by atoms with Crippen molar-refractivity contribution in [3.63, 3.8) is 0 Å². The fourth-order valence-corrected chi connectivity index (χ4v) is 2.97. The van der Waals surface area contributed by atoms with Gasteiger partial charge in [-0.05, 0) is 44.9 Å². The van der Waals surface area contributed by atoms with Crippen LogP contribution in [0.25, 0.3) is 0 Å². The van der Waals surface area contributed by atoms with Gasteiger partial charge in [-0.25, -0.2) is 0 Å². The molecule has 1 unspecified atom stereocenters. The van der Waals surface area contributed by atoms with Gasteiger partial charge < -0.3 is 10.6 Å². The van der Waals surface area contributed by atoms with Crippen molar-refractivity contribution >= 4 is 5.91 Å². The molecule has 2 fully saturated rings. The first-order chi connectivity index (χ1) is 8.97. The molecule has 0 bridgehead atoms. The molecule has 0 aromatic carbocycles. The van der Waals surface area contributed by atoms with Gasteiger partial charge in [0.05, 0.1) is 12.0 Å². The molecular formula is C13H21F3N2O. The minimum Gasteiger partial charge on any atom is -0.355 e. The lowest BCUT2D eigenvalue weighted by atomic mass is 9.85. The summed E-state index contributed by atoms with van der Waals surface area (Å²) in [5.74, 6) is -1.16. The van der Waals surface area contributed by atoms with Crippen molar-refractivity contribution < 1.29 is 18.0 Å². The molecule has 1 saturated heterocycles. The number of hydrogen-bond donors (Lipinski definition) is 2. The second-order valence-corrected chi connectivity index (χ2v) is 5.60. The molecule has 0 radical (unpaired) electrons. The second-order valence-electron chi connectivity index (χ2n) is 5.60. The summed E-state index contributed by atoms with van der Waals surface area (Å²) in [4.78, 5) is 11.8. The predicted octanol–water partition coefficient (Wildman–Crippen LogP) is 2.37. The van der Waals surface area contributed by atoms with Crippen LogP contribution in [0, 0.1) is 5.92 Å². The van der Waals surface area contributed by atoms with Crippen LogP contribution < -0.4 is 10.6 Å². The Hall–Kier alpha value is -0.780. The summed E-state index contributed by atoms with van der Waals surface area (Å²) >= 11 is 0. The van der Waals surface area contributed by atoms with Crippen LogP contribution in [0.2, 0.25) is 0 Å². The number of halogens is 3. The summed E-state index contributed by atoms with van der Waals surface area (Å²) in [6, 6.07) is -0.178. The normalized spacial score (nSPS) is 33.6. The maximum Gasteiger partial charge on any atom is 0.391 e. The lowest BCUT2D eigenvalue weighted by Crippen LogP contribution is -2.48. The third-order valence-corrected chi connectivity index (χ3v) is 4.16. The molecule has 2 N–H and O–H groups in total. The van der Waals surface area contributed by atoms with Gasteiger partial charge in [0.15, 0.2) is 0 Å². The van der Waals surface area contributed by atoms with Gasteiger partial charge in [0.2, 0.25) is 5.91 Å². The van der Waals surface area contributed by atoms with Crippen molar-refractivity contribution in [1.29, 1.82) is 0 Å². The summed E-state index contributed by atoms with van der Waals surface area (Å²) < 4.78 is 37.7. The average molecular weight is 278 g/mol. The van der Waals surface area contributed by atoms with Crippen molar-refractivity contribution in [2.75, 3.05) is 6.54 Å². The molecular weight excluding hydrogens is 257 g/mol. The summed E-state index contributed by atoms with van der Waals surface area (Å²) in [6.07, 6.45) is 0.0433. The number of carbonyl (C=O) groups excluding carboxylic acids is 1. The molecule has 0 aromatic rings. The van der Waals surface area contributed by atoms with E-state index in [4.69, 9.17) is 0 Å². The molecule has 1 heterocycles. The molecule has 1 aliphatic heterocycles. The van der Waals surface area contributed by atoms with Crippen LogP contribution in [0.4, 0.5) is 13.2 Å². The first-order valence-corrected chi connectivity index (χ1v) is 7.07. The fourth-order valence-electron chi connectivity index (χ4n) is 2.97. The molecule has 110 valence electrons. The highest BCUT2D eigenvalue weighted by molar-refractivity contribution is 5.81. The zero-order valence-corrected chi connectivity index (χ0v) is 10.9. The highest BCUT2D eigenvalue weighted by Crippen LogP contribution is 2.37. The van der Waals surface area contributed by atoms with E-state index in [0.717, 1.165) is 19.3 Å². The molecule has 3 nitrogen and oxygen atoms in total. The van der Waals surface area contributed by atoms with Gasteiger partial charge in [0.25, 0.3) is 0 Å². The number of rotatable bonds is 2. The standard InChI is InChI=1S/C13H21F3N2O/c14-13(15,16)9-4-6-10(7-5-9)18-11-3-1-2-8-17-12(11)19/h9-11,18H,1-8H2,(H,17,19). The van der Waals surface area contributed by atoms with E-state index in [-0.39, 0.29) is 30.8 Å². The number of hydrogen-bond acceptors (Lipinski definition) is 2. The molecule has 19 heavy (non-hydrogen) atoms. The quantitative estimate of drug-likeness (QED) is 0.814. The van der Waals surface area contributed by atoms with E-state index in [0.29, 0.717) is 19.4 Å². The van der Waals surface area contributed by atoms with Gasteiger partial charge >= 0.3 is 6.18 Å². The number of nitrogens with one attached hydrogen (secondary N) is 2. The van der Waals surface area contributed by atoms with E-state index >= 15 is 0 Å². The first-order valence-electron chi connectivity index (χ1n) is 7.07. The van der Waals surface area contributed by atoms with Crippen LogP contribution in [0.1, 0.15) is 44.9 Å². The Labute approximate surface area is 111 Å². The Morgan fingerprint density at radius 1 is 1.05 bits per heavy atom. The Balaban J connectivity index is 1.80. The van der Waals surface area contributed by atoms with Crippen molar-refractivity contribution in [3.8, 4) is 0 Å². The van der Waals surface area contributed by atoms with Crippen LogP contribution >= 0.6 is 0 Å². The smallest absolute Gasteiger partial charge is 0.355 e. The van der Waals surface area contributed by atoms with E-state index in [1.165, 1.54) is 0 Å². The number of carbonyl (C=O) groups is 1. The zero-order chi connectivity index (χ0) is 13.9. The summed E-state index contributed by atoms with van der Waals surface area (Å²) in [7, 11) is 0. The van der Waals surface area contributed by atoms with Crippen LogP contribution in [0.3, 0.4) is 0 Å². The Bertz CT molecular complexity index is 312. The maximum absolute atomic E-state index is 12.6. The van der Waals surface area contributed by atoms with Crippen LogP contribution in [-0.2, 0) is 4.79 Å². The molecule has 2 rings (SSSR count). The summed E-state index contributed by atoms with van der Waals surface area (Å²) in [6.45, 7) is 0.706. The van der Waals surface area contributed by atoms with E-state index in [1.807, 2.05) is 0 Å². The molecule has 2 aliphatic rings. The van der Waals surface area contributed by atoms with Gasteiger partial charge in [-0.3, -0.25) is 4.79 Å². The highest BCUT2D eigenvalue weighted by atomic mass is 19.4. The van der Waals surface area contributed by atoms with Crippen molar-refractivity contribution in [2.24, 2.45) is 5.92 Å². The van der Waals surface area contributed by atoms with Crippen LogP contribution in [-0.4, -0.2) is 30.7 Å². The highest BCUT2D eigenvalue weighted by Gasteiger charge is 2.41. The zero-order valence-electron chi connectivity index (χ0n) is 10.9. The molecule has 0 spiro atoms. The van der Waals surface area contributed by atoms with E-state index < -0.39 is 12.1 Å². The molecule has 6 heteroatoms. The third kappa shape index (κ3) is 4.09. The largest absolute Gasteiger partial charge is 0.391 e. The van der Waals surface area contributed by atoms with Crippen LogP contribution in [0.15, 0.2) is 0 Å². The molecule has 1 aliphatic carbocycles. The third-order valence-electron chi connectivity index (χ3n) is 4.16. The van der Waals surface area contributed by atoms with Gasteiger partial charge in [-0.1, -0.05) is 0 Å². The predicted molar refractivity (Wildman–Crippen MR) is 65.6 cm³/mol. The van der Waals surface area contributed by atoms with Crippen molar-refractivity contribution in [1.82, 2.24) is 10.6 Å². The van der Waals surface area contributed by atoms with Gasteiger partial charge in [0, 0.05) is 12.6 Å². The van der Waals surface area contributed by atoms with Gasteiger partial charge in [-0.2, -0.15) is 13.2 Å². The Morgan fingerprint density at radius 3 is 2.37 bits per heavy atom. The monoisotopic (exact) mass is 278 g/mol. The van der Waals surface area contributed by atoms with Crippen LogP contribution in [0.5, 0.6) is 0 Å². The molecule has 1 amide bonds. The lowest BCUT2D eigenvalue weighted by molar-refractivity contribution is -0.183.